The number of ketones is 1. The number of benzene rings is 1. The zero-order chi connectivity index (χ0) is 28.3. The van der Waals surface area contributed by atoms with Gasteiger partial charge in [-0.15, -0.1) is 0 Å². The number of esters is 1. The predicted octanol–water partition coefficient (Wildman–Crippen LogP) is 1.76. The number of amides is 1. The molecule has 3 aromatic rings. The summed E-state index contributed by atoms with van der Waals surface area (Å²) in [6.07, 6.45) is 5.99. The second-order valence-corrected chi connectivity index (χ2v) is 9.14. The molecule has 4 rings (SSSR count). The Kier molecular flexibility index (Phi) is 8.08. The van der Waals surface area contributed by atoms with Crippen molar-refractivity contribution in [2.45, 2.75) is 39.8 Å². The molecule has 1 fully saturated rings. The molecule has 11 heteroatoms. The van der Waals surface area contributed by atoms with E-state index in [9.17, 15) is 19.5 Å². The average molecular weight is 537 g/mol. The Hall–Kier alpha value is -4.54. The lowest BCUT2D eigenvalue weighted by Crippen LogP contribution is -2.36. The standard InChI is InChI=1S/C28H32N4O7/c1-6-39-28(36)23-16(2)21(17(3)30-23)25(33)22-24(18-8-9-19(37-4)20(14-18)38-5)32(27(35)26(22)34)12-7-11-31-13-10-29-15-31/h8-10,13-15,24H,6-7,11-12H2,1-5H3,(H2,30,33,34,36). The fourth-order valence-electron chi connectivity index (χ4n) is 4.99. The molecule has 0 bridgehead atoms. The van der Waals surface area contributed by atoms with Gasteiger partial charge < -0.3 is 29.2 Å². The van der Waals surface area contributed by atoms with Crippen LogP contribution in [0.2, 0.25) is 0 Å². The van der Waals surface area contributed by atoms with E-state index >= 15 is 0 Å². The van der Waals surface area contributed by atoms with Crippen LogP contribution in [0.4, 0.5) is 0 Å². The Morgan fingerprint density at radius 1 is 1.15 bits per heavy atom. The maximum absolute atomic E-state index is 14.0. The zero-order valence-corrected chi connectivity index (χ0v) is 22.6. The predicted molar refractivity (Wildman–Crippen MR) is 138 cm³/mol. The first-order valence-corrected chi connectivity index (χ1v) is 12.6. The number of carbonyl (C=O) groups excluding carboxylic acids is 3. The number of aromatic nitrogens is 3. The van der Waals surface area contributed by atoms with E-state index in [1.807, 2.05) is 10.8 Å². The van der Waals surface area contributed by atoms with Crippen LogP contribution in [-0.4, -0.2) is 59.9 Å². The molecule has 0 radical (unpaired) electrons. The number of aromatic amines is 2. The summed E-state index contributed by atoms with van der Waals surface area (Å²) in [5, 5.41) is 14.0. The van der Waals surface area contributed by atoms with Crippen molar-refractivity contribution >= 4 is 23.4 Å². The molecule has 1 aliphatic rings. The summed E-state index contributed by atoms with van der Waals surface area (Å²) < 4.78 is 17.8. The largest absolute Gasteiger partial charge is 0.872 e. The maximum atomic E-state index is 14.0. The summed E-state index contributed by atoms with van der Waals surface area (Å²) in [6.45, 7) is 5.94. The molecule has 1 amide bonds. The quantitative estimate of drug-likeness (QED) is 0.132. The van der Waals surface area contributed by atoms with E-state index in [4.69, 9.17) is 14.2 Å². The highest BCUT2D eigenvalue weighted by Crippen LogP contribution is 2.42. The number of imidazole rings is 1. The van der Waals surface area contributed by atoms with Crippen LogP contribution in [0.3, 0.4) is 0 Å². The van der Waals surface area contributed by atoms with E-state index in [0.29, 0.717) is 41.3 Å². The Labute approximate surface area is 226 Å². The van der Waals surface area contributed by atoms with Crippen molar-refractivity contribution in [1.29, 1.82) is 0 Å². The number of rotatable bonds is 10. The number of aryl methyl sites for hydroxylation is 2. The maximum Gasteiger partial charge on any atom is 0.355 e. The first-order valence-electron chi connectivity index (χ1n) is 12.6. The first-order chi connectivity index (χ1) is 18.7. The molecule has 0 aliphatic carbocycles. The summed E-state index contributed by atoms with van der Waals surface area (Å²) in [5.74, 6) is -1.97. The van der Waals surface area contributed by atoms with E-state index in [2.05, 4.69) is 9.97 Å². The van der Waals surface area contributed by atoms with Crippen LogP contribution in [0.25, 0.3) is 5.76 Å². The van der Waals surface area contributed by atoms with Gasteiger partial charge in [0.25, 0.3) is 5.91 Å². The number of likely N-dealkylation sites (tertiary alicyclic amines) is 1. The van der Waals surface area contributed by atoms with Crippen LogP contribution in [0.1, 0.15) is 52.3 Å². The molecule has 1 aromatic carbocycles. The number of nitrogens with zero attached hydrogens (tertiary/aromatic N) is 2. The number of hydrogen-bond donors (Lipinski definition) is 2. The summed E-state index contributed by atoms with van der Waals surface area (Å²) in [5.41, 5.74) is 1.42. The van der Waals surface area contributed by atoms with Gasteiger partial charge in [0.05, 0.1) is 33.4 Å². The Balaban J connectivity index is 1.83. The number of Topliss-reactive ketones (excluding diaryl/α,β-unsaturated/α-hetero) is 1. The molecule has 206 valence electrons. The summed E-state index contributed by atoms with van der Waals surface area (Å²) in [4.78, 5) is 46.5. The molecule has 1 aliphatic heterocycles. The van der Waals surface area contributed by atoms with Gasteiger partial charge >= 0.3 is 5.97 Å². The van der Waals surface area contributed by atoms with Crippen molar-refractivity contribution in [2.75, 3.05) is 27.4 Å². The third kappa shape index (κ3) is 5.12. The number of H-pyrrole nitrogens is 2. The Bertz CT molecular complexity index is 1420. The third-order valence-electron chi connectivity index (χ3n) is 6.81. The fourth-order valence-corrected chi connectivity index (χ4v) is 4.99. The van der Waals surface area contributed by atoms with Crippen molar-refractivity contribution in [3.63, 3.8) is 0 Å². The number of nitrogens with one attached hydrogen (secondary N) is 2. The molecule has 2 aromatic heterocycles. The molecule has 11 nitrogen and oxygen atoms in total. The Morgan fingerprint density at radius 2 is 1.90 bits per heavy atom. The molecular weight excluding hydrogens is 504 g/mol. The monoisotopic (exact) mass is 536 g/mol. The minimum absolute atomic E-state index is 0.137. The smallest absolute Gasteiger partial charge is 0.355 e. The summed E-state index contributed by atoms with van der Waals surface area (Å²) >= 11 is 0. The molecule has 0 saturated carbocycles. The lowest BCUT2D eigenvalue weighted by Gasteiger charge is -2.28. The van der Waals surface area contributed by atoms with Gasteiger partial charge in [0.15, 0.2) is 11.5 Å². The van der Waals surface area contributed by atoms with Gasteiger partial charge in [0.2, 0.25) is 12.1 Å². The minimum Gasteiger partial charge on any atom is -0.872 e. The van der Waals surface area contributed by atoms with E-state index < -0.39 is 29.5 Å². The highest BCUT2D eigenvalue weighted by Gasteiger charge is 2.44. The molecule has 3 heterocycles. The van der Waals surface area contributed by atoms with Crippen molar-refractivity contribution in [2.24, 2.45) is 0 Å². The molecule has 0 spiro atoms. The molecule has 39 heavy (non-hydrogen) atoms. The van der Waals surface area contributed by atoms with E-state index in [-0.39, 0.29) is 30.0 Å². The van der Waals surface area contributed by atoms with Gasteiger partial charge in [-0.3, -0.25) is 14.6 Å². The van der Waals surface area contributed by atoms with Crippen LogP contribution in [0.15, 0.2) is 42.5 Å². The van der Waals surface area contributed by atoms with E-state index in [1.165, 1.54) is 19.1 Å². The number of ether oxygens (including phenoxy) is 3. The Morgan fingerprint density at radius 3 is 2.54 bits per heavy atom. The van der Waals surface area contributed by atoms with Gasteiger partial charge in [-0.2, -0.15) is 0 Å². The molecule has 2 N–H and O–H groups in total. The lowest BCUT2D eigenvalue weighted by molar-refractivity contribution is -0.695. The number of methoxy groups -OCH3 is 2. The second kappa shape index (κ2) is 11.5. The summed E-state index contributed by atoms with van der Waals surface area (Å²) in [6, 6.07) is 4.09. The van der Waals surface area contributed by atoms with Gasteiger partial charge in [-0.25, -0.2) is 9.36 Å². The topological polar surface area (TPSA) is 141 Å². The highest BCUT2D eigenvalue weighted by atomic mass is 16.5. The van der Waals surface area contributed by atoms with Gasteiger partial charge in [-0.05, 0) is 49.6 Å². The average Bonchev–Trinajstić information content (AvgIpc) is 3.61. The lowest BCUT2D eigenvalue weighted by atomic mass is 9.93. The normalized spacial score (nSPS) is 16.5. The van der Waals surface area contributed by atoms with Crippen LogP contribution in [0, 0.1) is 13.8 Å². The summed E-state index contributed by atoms with van der Waals surface area (Å²) in [7, 11) is 2.99. The van der Waals surface area contributed by atoms with Crippen LogP contribution < -0.4 is 19.1 Å². The highest BCUT2D eigenvalue weighted by molar-refractivity contribution is 6.46. The first kappa shape index (κ1) is 27.5. The number of carbonyl (C=O) groups is 3. The number of hydrogen-bond acceptors (Lipinski definition) is 7. The van der Waals surface area contributed by atoms with Crippen molar-refractivity contribution in [3.8, 4) is 11.5 Å². The van der Waals surface area contributed by atoms with Crippen molar-refractivity contribution in [3.05, 3.63) is 70.6 Å². The second-order valence-electron chi connectivity index (χ2n) is 9.14. The van der Waals surface area contributed by atoms with E-state index in [0.717, 1.165) is 0 Å². The van der Waals surface area contributed by atoms with Crippen LogP contribution >= 0.6 is 0 Å². The van der Waals surface area contributed by atoms with Crippen LogP contribution in [-0.2, 0) is 20.9 Å². The SMILES string of the molecule is CCOC(=O)c1[nH]c(C)c(C([O-])=C2C(=O)C(=O)N(CCC[n+]3cc[nH]c3)C2c2ccc(OC)c(OC)c2)c1C. The van der Waals surface area contributed by atoms with E-state index in [1.54, 1.807) is 51.5 Å². The molecule has 1 unspecified atom stereocenters. The zero-order valence-electron chi connectivity index (χ0n) is 22.6. The molecule has 1 atom stereocenters. The van der Waals surface area contributed by atoms with Crippen LogP contribution in [0.5, 0.6) is 11.5 Å². The third-order valence-corrected chi connectivity index (χ3v) is 6.81. The molecule has 1 saturated heterocycles. The van der Waals surface area contributed by atoms with Gasteiger partial charge in [-0.1, -0.05) is 11.8 Å². The van der Waals surface area contributed by atoms with Gasteiger partial charge in [0.1, 0.15) is 18.1 Å². The van der Waals surface area contributed by atoms with Gasteiger partial charge in [0, 0.05) is 24.2 Å². The van der Waals surface area contributed by atoms with Crippen molar-refractivity contribution < 1.29 is 38.3 Å². The fraction of sp³-hybridized carbons (Fsp3) is 0.357. The molecular formula is C28H32N4O7. The minimum atomic E-state index is -0.951. The van der Waals surface area contributed by atoms with Crippen molar-refractivity contribution in [1.82, 2.24) is 14.9 Å².